The highest BCUT2D eigenvalue weighted by molar-refractivity contribution is 6.39. The zero-order valence-electron chi connectivity index (χ0n) is 27.7. The molecule has 49 heavy (non-hydrogen) atoms. The Hall–Kier alpha value is -3.93. The van der Waals surface area contributed by atoms with Gasteiger partial charge in [-0.2, -0.15) is 0 Å². The monoisotopic (exact) mass is 725 g/mol. The fourth-order valence-electron chi connectivity index (χ4n) is 5.62. The van der Waals surface area contributed by atoms with E-state index in [1.165, 1.54) is 0 Å². The zero-order chi connectivity index (χ0) is 35.1. The average Bonchev–Trinajstić information content (AvgIpc) is 3.50. The van der Waals surface area contributed by atoms with Crippen LogP contribution in [0, 0.1) is 0 Å². The number of aromatic nitrogens is 2. The summed E-state index contributed by atoms with van der Waals surface area (Å²) in [5.41, 5.74) is 5.43. The number of halogens is 3. The van der Waals surface area contributed by atoms with Crippen molar-refractivity contribution >= 4 is 46.7 Å². The summed E-state index contributed by atoms with van der Waals surface area (Å²) in [5.74, 6) is 0.737. The van der Waals surface area contributed by atoms with Crippen LogP contribution in [0.15, 0.2) is 54.7 Å². The third-order valence-corrected chi connectivity index (χ3v) is 9.10. The third kappa shape index (κ3) is 8.81. The summed E-state index contributed by atoms with van der Waals surface area (Å²) >= 11 is 20.9. The summed E-state index contributed by atoms with van der Waals surface area (Å²) in [4.78, 5) is 32.8. The van der Waals surface area contributed by atoms with Crippen molar-refractivity contribution in [1.29, 1.82) is 0 Å². The van der Waals surface area contributed by atoms with E-state index in [0.29, 0.717) is 86.4 Å². The van der Waals surface area contributed by atoms with Crippen molar-refractivity contribution in [3.8, 4) is 45.3 Å². The second-order valence-corrected chi connectivity index (χ2v) is 12.9. The molecule has 1 atom stereocenters. The second-order valence-electron chi connectivity index (χ2n) is 11.8. The van der Waals surface area contributed by atoms with Crippen molar-refractivity contribution in [2.24, 2.45) is 0 Å². The lowest BCUT2D eigenvalue weighted by molar-refractivity contribution is -0.146. The summed E-state index contributed by atoms with van der Waals surface area (Å²) in [5, 5.41) is 10.7. The molecular weight excluding hydrogens is 689 g/mol. The van der Waals surface area contributed by atoms with Crippen LogP contribution in [-0.4, -0.2) is 61.3 Å². The number of pyridine rings is 2. The first-order valence-corrected chi connectivity index (χ1v) is 17.0. The first-order valence-electron chi connectivity index (χ1n) is 15.8. The van der Waals surface area contributed by atoms with Crippen LogP contribution in [0.25, 0.3) is 33.6 Å². The molecule has 1 aliphatic rings. The van der Waals surface area contributed by atoms with E-state index in [4.69, 9.17) is 54.0 Å². The minimum atomic E-state index is -0.323. The highest BCUT2D eigenvalue weighted by Crippen LogP contribution is 2.43. The molecule has 0 spiro atoms. The van der Waals surface area contributed by atoms with Crippen molar-refractivity contribution in [2.75, 3.05) is 27.3 Å². The number of hydrogen-bond donors (Lipinski definition) is 3. The second kappa shape index (κ2) is 16.7. The van der Waals surface area contributed by atoms with Gasteiger partial charge in [0.2, 0.25) is 11.8 Å². The molecule has 3 N–H and O–H groups in total. The lowest BCUT2D eigenvalue weighted by atomic mass is 9.99. The Bertz CT molecular complexity index is 1840. The molecule has 3 heterocycles. The van der Waals surface area contributed by atoms with E-state index >= 15 is 0 Å². The molecular formula is C36H38Cl3N5O5. The number of ether oxygens (including phenoxy) is 3. The Morgan fingerprint density at radius 1 is 0.980 bits per heavy atom. The number of benzene rings is 2. The Morgan fingerprint density at radius 3 is 2.47 bits per heavy atom. The van der Waals surface area contributed by atoms with E-state index in [-0.39, 0.29) is 30.6 Å². The zero-order valence-corrected chi connectivity index (χ0v) is 29.9. The molecule has 0 radical (unpaired) electrons. The summed E-state index contributed by atoms with van der Waals surface area (Å²) in [6, 6.07) is 15.0. The molecule has 1 fully saturated rings. The number of amides is 1. The normalized spacial score (nSPS) is 14.2. The van der Waals surface area contributed by atoms with Gasteiger partial charge in [-0.25, -0.2) is 4.98 Å². The predicted molar refractivity (Wildman–Crippen MR) is 192 cm³/mol. The first kappa shape index (κ1) is 36.4. The Morgan fingerprint density at radius 2 is 1.76 bits per heavy atom. The molecule has 0 aliphatic carbocycles. The SMILES string of the molecule is COc1cc(-c2nccc(-c3cccc(-c4cc(Cl)c(CNC[C@@H]5CCC(=O)N5)c(OC)n4)c3Cl)c2Cl)ccc1CNCC(=O)OC(C)C. The van der Waals surface area contributed by atoms with Gasteiger partial charge in [-0.05, 0) is 38.5 Å². The fraction of sp³-hybridized carbons (Fsp3) is 0.333. The van der Waals surface area contributed by atoms with Gasteiger partial charge in [0.25, 0.3) is 0 Å². The van der Waals surface area contributed by atoms with Crippen LogP contribution in [0.4, 0.5) is 0 Å². The summed E-state index contributed by atoms with van der Waals surface area (Å²) in [7, 11) is 3.13. The molecule has 4 aromatic rings. The molecule has 13 heteroatoms. The van der Waals surface area contributed by atoms with Gasteiger partial charge in [-0.1, -0.05) is 65.1 Å². The number of nitrogens with one attached hydrogen (secondary N) is 3. The number of rotatable bonds is 14. The minimum absolute atomic E-state index is 0.0686. The van der Waals surface area contributed by atoms with Crippen LogP contribution >= 0.6 is 34.8 Å². The molecule has 5 rings (SSSR count). The molecule has 0 unspecified atom stereocenters. The predicted octanol–water partition coefficient (Wildman–Crippen LogP) is 6.86. The van der Waals surface area contributed by atoms with Gasteiger partial charge in [-0.15, -0.1) is 0 Å². The van der Waals surface area contributed by atoms with Gasteiger partial charge < -0.3 is 30.2 Å². The minimum Gasteiger partial charge on any atom is -0.496 e. The highest BCUT2D eigenvalue weighted by atomic mass is 35.5. The Kier molecular flexibility index (Phi) is 12.4. The smallest absolute Gasteiger partial charge is 0.320 e. The average molecular weight is 727 g/mol. The number of hydrogen-bond acceptors (Lipinski definition) is 9. The van der Waals surface area contributed by atoms with Crippen LogP contribution in [0.2, 0.25) is 15.1 Å². The number of carbonyl (C=O) groups excluding carboxylic acids is 2. The maximum Gasteiger partial charge on any atom is 0.320 e. The fourth-order valence-corrected chi connectivity index (χ4v) is 6.52. The van der Waals surface area contributed by atoms with Gasteiger partial charge in [0.15, 0.2) is 0 Å². The summed E-state index contributed by atoms with van der Waals surface area (Å²) < 4.78 is 16.5. The summed E-state index contributed by atoms with van der Waals surface area (Å²) in [6.07, 6.45) is 2.84. The largest absolute Gasteiger partial charge is 0.496 e. The maximum absolute atomic E-state index is 11.9. The molecule has 1 amide bonds. The highest BCUT2D eigenvalue weighted by Gasteiger charge is 2.22. The number of esters is 1. The van der Waals surface area contributed by atoms with Gasteiger partial charge in [-0.3, -0.25) is 14.6 Å². The molecule has 1 aliphatic heterocycles. The van der Waals surface area contributed by atoms with Gasteiger partial charge in [0.1, 0.15) is 5.75 Å². The molecule has 2 aromatic carbocycles. The lowest BCUT2D eigenvalue weighted by Gasteiger charge is -2.17. The molecule has 2 aromatic heterocycles. The quantitative estimate of drug-likeness (QED) is 0.120. The van der Waals surface area contributed by atoms with Crippen molar-refractivity contribution in [3.63, 3.8) is 0 Å². The van der Waals surface area contributed by atoms with Crippen LogP contribution in [-0.2, 0) is 27.4 Å². The number of methoxy groups -OCH3 is 2. The maximum atomic E-state index is 11.9. The van der Waals surface area contributed by atoms with E-state index in [1.54, 1.807) is 26.5 Å². The van der Waals surface area contributed by atoms with Crippen LogP contribution in [0.1, 0.15) is 37.8 Å². The van der Waals surface area contributed by atoms with Gasteiger partial charge in [0.05, 0.1) is 53.3 Å². The lowest BCUT2D eigenvalue weighted by Crippen LogP contribution is -2.35. The van der Waals surface area contributed by atoms with Crippen molar-refractivity contribution in [2.45, 2.75) is 51.9 Å². The van der Waals surface area contributed by atoms with Gasteiger partial charge >= 0.3 is 5.97 Å². The van der Waals surface area contributed by atoms with E-state index in [9.17, 15) is 9.59 Å². The number of nitrogens with zero attached hydrogens (tertiary/aromatic N) is 2. The molecule has 0 saturated carbocycles. The van der Waals surface area contributed by atoms with E-state index in [0.717, 1.165) is 17.5 Å². The Labute approximate surface area is 300 Å². The summed E-state index contributed by atoms with van der Waals surface area (Å²) in [6.45, 7) is 5.13. The van der Waals surface area contributed by atoms with Crippen molar-refractivity contribution in [3.05, 3.63) is 80.9 Å². The number of carbonyl (C=O) groups is 2. The van der Waals surface area contributed by atoms with Crippen molar-refractivity contribution in [1.82, 2.24) is 25.9 Å². The van der Waals surface area contributed by atoms with Crippen LogP contribution in [0.3, 0.4) is 0 Å². The first-order chi connectivity index (χ1) is 23.6. The van der Waals surface area contributed by atoms with Gasteiger partial charge in [0, 0.05) is 71.7 Å². The third-order valence-electron chi connectivity index (χ3n) is 7.97. The molecule has 10 nitrogen and oxygen atoms in total. The molecule has 258 valence electrons. The topological polar surface area (TPSA) is 124 Å². The standard InChI is InChI=1S/C36H38Cl3N5O5/c1-20(2)49-32(46)19-40-16-22-9-8-21(14-30(22)47-3)35-34(39)25(12-13-42-35)24-6-5-7-26(33(24)38)29-15-28(37)27(36(44-29)48-4)18-41-17-23-10-11-31(45)43-23/h5-9,12-15,20,23,40-41H,10-11,16-19H2,1-4H3,(H,43,45)/t23-/m0/s1. The van der Waals surface area contributed by atoms with Crippen LogP contribution < -0.4 is 25.4 Å². The van der Waals surface area contributed by atoms with E-state index in [1.807, 2.05) is 56.3 Å². The van der Waals surface area contributed by atoms with Crippen molar-refractivity contribution < 1.29 is 23.8 Å². The Balaban J connectivity index is 1.38. The van der Waals surface area contributed by atoms with E-state index < -0.39 is 0 Å². The molecule has 0 bridgehead atoms. The molecule has 1 saturated heterocycles. The van der Waals surface area contributed by atoms with E-state index in [2.05, 4.69) is 20.9 Å². The van der Waals surface area contributed by atoms with Crippen LogP contribution in [0.5, 0.6) is 11.6 Å².